The highest BCUT2D eigenvalue weighted by molar-refractivity contribution is 5.69. The number of hydrogen-bond donors (Lipinski definition) is 1. The topological polar surface area (TPSA) is 55.6 Å². The molecule has 0 aromatic heterocycles. The highest BCUT2D eigenvalue weighted by atomic mass is 16.6. The van der Waals surface area contributed by atoms with Gasteiger partial charge in [0.15, 0.2) is 0 Å². The minimum absolute atomic E-state index is 0.191. The van der Waals surface area contributed by atoms with Crippen LogP contribution in [0.3, 0.4) is 0 Å². The number of nitrogens with zero attached hydrogens (tertiary/aromatic N) is 1. The van der Waals surface area contributed by atoms with E-state index in [4.69, 9.17) is 10.5 Å². The van der Waals surface area contributed by atoms with Crippen molar-refractivity contribution in [2.75, 3.05) is 6.54 Å². The zero-order chi connectivity index (χ0) is 15.1. The number of amides is 1. The van der Waals surface area contributed by atoms with Gasteiger partial charge < -0.3 is 10.5 Å². The Morgan fingerprint density at radius 1 is 1.26 bits per heavy atom. The summed E-state index contributed by atoms with van der Waals surface area (Å²) in [5, 5.41) is 0. The fourth-order valence-electron chi connectivity index (χ4n) is 2.93. The van der Waals surface area contributed by atoms with E-state index in [-0.39, 0.29) is 17.4 Å². The number of nitrogens with two attached hydrogens (primary N) is 1. The molecule has 2 atom stereocenters. The quantitative estimate of drug-likeness (QED) is 0.734. The van der Waals surface area contributed by atoms with Crippen molar-refractivity contribution in [1.29, 1.82) is 0 Å². The maximum Gasteiger partial charge on any atom is 0.411 e. The Labute approximate surface area is 117 Å². The van der Waals surface area contributed by atoms with Crippen LogP contribution in [0.1, 0.15) is 61.3 Å². The monoisotopic (exact) mass is 270 g/mol. The lowest BCUT2D eigenvalue weighted by Gasteiger charge is -2.55. The predicted octanol–water partition coefficient (Wildman–Crippen LogP) is 3.35. The number of rotatable bonds is 0. The predicted molar refractivity (Wildman–Crippen MR) is 77.7 cm³/mol. The van der Waals surface area contributed by atoms with E-state index in [1.807, 2.05) is 20.8 Å². The summed E-state index contributed by atoms with van der Waals surface area (Å²) in [5.41, 5.74) is 5.33. The molecule has 1 saturated heterocycles. The average Bonchev–Trinajstić information content (AvgIpc) is 2.17. The lowest BCUT2D eigenvalue weighted by molar-refractivity contribution is -0.0787. The van der Waals surface area contributed by atoms with Crippen molar-refractivity contribution in [3.8, 4) is 0 Å². The Kier molecular flexibility index (Phi) is 4.26. The Hall–Kier alpha value is -0.770. The maximum absolute atomic E-state index is 12.4. The largest absolute Gasteiger partial charge is 0.444 e. The van der Waals surface area contributed by atoms with Gasteiger partial charge >= 0.3 is 6.09 Å². The standard InChI is InChI=1S/C15H30N2O2/c1-11-9-8-10-17(12(18)19-14(5,6)7)15(11,16)13(2,3)4/h11H,8-10,16H2,1-7H3. The van der Waals surface area contributed by atoms with Gasteiger partial charge in [-0.25, -0.2) is 4.79 Å². The van der Waals surface area contributed by atoms with E-state index < -0.39 is 11.3 Å². The van der Waals surface area contributed by atoms with Crippen LogP contribution in [-0.2, 0) is 4.74 Å². The van der Waals surface area contributed by atoms with Crippen molar-refractivity contribution >= 4 is 6.09 Å². The number of ether oxygens (including phenoxy) is 1. The van der Waals surface area contributed by atoms with Crippen molar-refractivity contribution < 1.29 is 9.53 Å². The average molecular weight is 270 g/mol. The number of carbonyl (C=O) groups is 1. The molecule has 1 aliphatic heterocycles. The van der Waals surface area contributed by atoms with E-state index in [1.54, 1.807) is 4.90 Å². The van der Waals surface area contributed by atoms with Gasteiger partial charge in [0.25, 0.3) is 0 Å². The number of piperidine rings is 1. The zero-order valence-electron chi connectivity index (χ0n) is 13.5. The molecule has 4 heteroatoms. The molecule has 112 valence electrons. The molecule has 0 bridgehead atoms. The normalized spacial score (nSPS) is 29.3. The molecule has 0 saturated carbocycles. The van der Waals surface area contributed by atoms with Crippen LogP contribution in [0.5, 0.6) is 0 Å². The second-order valence-electron chi connectivity index (χ2n) is 7.75. The van der Waals surface area contributed by atoms with E-state index in [0.29, 0.717) is 6.54 Å². The Balaban J connectivity index is 3.05. The lowest BCUT2D eigenvalue weighted by Crippen LogP contribution is -2.71. The molecule has 4 nitrogen and oxygen atoms in total. The Morgan fingerprint density at radius 3 is 2.21 bits per heavy atom. The van der Waals surface area contributed by atoms with Gasteiger partial charge in [-0.1, -0.05) is 27.7 Å². The van der Waals surface area contributed by atoms with Gasteiger partial charge in [0.2, 0.25) is 0 Å². The first-order chi connectivity index (χ1) is 8.39. The second-order valence-corrected chi connectivity index (χ2v) is 7.75. The van der Waals surface area contributed by atoms with Gasteiger partial charge in [-0.05, 0) is 44.9 Å². The maximum atomic E-state index is 12.4. The minimum Gasteiger partial charge on any atom is -0.444 e. The summed E-state index contributed by atoms with van der Waals surface area (Å²) in [7, 11) is 0. The molecule has 2 N–H and O–H groups in total. The number of carbonyl (C=O) groups excluding carboxylic acids is 1. The summed E-state index contributed by atoms with van der Waals surface area (Å²) in [6.45, 7) is 14.7. The van der Waals surface area contributed by atoms with Crippen molar-refractivity contribution in [2.45, 2.75) is 72.6 Å². The van der Waals surface area contributed by atoms with E-state index in [1.165, 1.54) is 0 Å². The molecular weight excluding hydrogens is 240 g/mol. The van der Waals surface area contributed by atoms with Gasteiger partial charge in [0.05, 0.1) is 0 Å². The molecule has 0 aromatic rings. The summed E-state index contributed by atoms with van der Waals surface area (Å²) in [4.78, 5) is 14.2. The molecule has 2 unspecified atom stereocenters. The SMILES string of the molecule is CC1CCCN(C(=O)OC(C)(C)C)C1(N)C(C)(C)C. The zero-order valence-corrected chi connectivity index (χ0v) is 13.5. The fourth-order valence-corrected chi connectivity index (χ4v) is 2.93. The first-order valence-corrected chi connectivity index (χ1v) is 7.19. The summed E-state index contributed by atoms with van der Waals surface area (Å²) in [5.74, 6) is 0.258. The van der Waals surface area contributed by atoms with Gasteiger partial charge in [0.1, 0.15) is 11.3 Å². The smallest absolute Gasteiger partial charge is 0.411 e. The number of hydrogen-bond acceptors (Lipinski definition) is 3. The lowest BCUT2D eigenvalue weighted by atomic mass is 9.69. The molecular formula is C15H30N2O2. The summed E-state index contributed by atoms with van der Waals surface area (Å²) >= 11 is 0. The first-order valence-electron chi connectivity index (χ1n) is 7.19. The molecule has 1 rings (SSSR count). The Bertz CT molecular complexity index is 341. The van der Waals surface area contributed by atoms with Gasteiger partial charge in [0, 0.05) is 6.54 Å². The molecule has 0 aromatic carbocycles. The third-order valence-corrected chi connectivity index (χ3v) is 4.03. The molecule has 1 amide bonds. The highest BCUT2D eigenvalue weighted by Gasteiger charge is 2.52. The molecule has 0 aliphatic carbocycles. The highest BCUT2D eigenvalue weighted by Crippen LogP contribution is 2.42. The minimum atomic E-state index is -0.659. The van der Waals surface area contributed by atoms with Crippen LogP contribution < -0.4 is 5.73 Å². The molecule has 19 heavy (non-hydrogen) atoms. The summed E-state index contributed by atoms with van der Waals surface area (Å²) < 4.78 is 5.52. The van der Waals surface area contributed by atoms with Crippen molar-refractivity contribution in [2.24, 2.45) is 17.1 Å². The molecule has 0 radical (unpaired) electrons. The number of likely N-dealkylation sites (tertiary alicyclic amines) is 1. The third-order valence-electron chi connectivity index (χ3n) is 4.03. The second kappa shape index (κ2) is 4.97. The van der Waals surface area contributed by atoms with Crippen LogP contribution in [0.15, 0.2) is 0 Å². The van der Waals surface area contributed by atoms with Crippen LogP contribution >= 0.6 is 0 Å². The van der Waals surface area contributed by atoms with Gasteiger partial charge in [-0.2, -0.15) is 0 Å². The molecule has 1 heterocycles. The van der Waals surface area contributed by atoms with Crippen molar-refractivity contribution in [3.63, 3.8) is 0 Å². The van der Waals surface area contributed by atoms with Gasteiger partial charge in [-0.15, -0.1) is 0 Å². The van der Waals surface area contributed by atoms with Crippen LogP contribution in [0.25, 0.3) is 0 Å². The van der Waals surface area contributed by atoms with Crippen molar-refractivity contribution in [1.82, 2.24) is 4.90 Å². The van der Waals surface area contributed by atoms with E-state index in [0.717, 1.165) is 12.8 Å². The Morgan fingerprint density at radius 2 is 1.79 bits per heavy atom. The van der Waals surface area contributed by atoms with Crippen LogP contribution in [-0.4, -0.2) is 28.8 Å². The van der Waals surface area contributed by atoms with E-state index >= 15 is 0 Å². The van der Waals surface area contributed by atoms with Crippen LogP contribution in [0, 0.1) is 11.3 Å². The summed E-state index contributed by atoms with van der Waals surface area (Å²) in [6.07, 6.45) is 1.74. The molecule has 1 fully saturated rings. The summed E-state index contributed by atoms with van der Waals surface area (Å²) in [6, 6.07) is 0. The third kappa shape index (κ3) is 3.22. The van der Waals surface area contributed by atoms with Gasteiger partial charge in [-0.3, -0.25) is 4.90 Å². The van der Waals surface area contributed by atoms with E-state index in [2.05, 4.69) is 27.7 Å². The van der Waals surface area contributed by atoms with Crippen LogP contribution in [0.4, 0.5) is 4.79 Å². The first kappa shape index (κ1) is 16.3. The molecule has 0 spiro atoms. The molecule has 1 aliphatic rings. The van der Waals surface area contributed by atoms with Crippen molar-refractivity contribution in [3.05, 3.63) is 0 Å². The van der Waals surface area contributed by atoms with Crippen LogP contribution in [0.2, 0.25) is 0 Å². The van der Waals surface area contributed by atoms with E-state index in [9.17, 15) is 4.79 Å². The fraction of sp³-hybridized carbons (Fsp3) is 0.933.